The number of nitro groups is 1. The van der Waals surface area contributed by atoms with Crippen LogP contribution in [-0.4, -0.2) is 97.9 Å². The minimum absolute atomic E-state index is 0.0329. The van der Waals surface area contributed by atoms with E-state index in [1.807, 2.05) is 0 Å². The highest BCUT2D eigenvalue weighted by Crippen LogP contribution is 2.37. The molecule has 0 radical (unpaired) electrons. The van der Waals surface area contributed by atoms with Crippen molar-refractivity contribution >= 4 is 29.4 Å². The Morgan fingerprint density at radius 1 is 1.18 bits per heavy atom. The van der Waals surface area contributed by atoms with Gasteiger partial charge in [-0.1, -0.05) is 6.92 Å². The maximum atomic E-state index is 12.4. The number of esters is 2. The molecule has 0 bridgehead atoms. The van der Waals surface area contributed by atoms with Crippen molar-refractivity contribution in [1.82, 2.24) is 0 Å². The van der Waals surface area contributed by atoms with Crippen molar-refractivity contribution < 1.29 is 53.1 Å². The van der Waals surface area contributed by atoms with Gasteiger partial charge in [0.15, 0.2) is 17.6 Å². The van der Waals surface area contributed by atoms with Crippen LogP contribution in [-0.2, 0) is 34.3 Å². The Balaban J connectivity index is 1.92. The molecule has 0 amide bonds. The topological polar surface area (TPSA) is 173 Å². The van der Waals surface area contributed by atoms with Crippen molar-refractivity contribution in [1.29, 1.82) is 0 Å². The lowest BCUT2D eigenvalue weighted by molar-refractivity contribution is -0.385. The molecule has 0 spiro atoms. The number of ether oxygens (including phenoxy) is 6. The normalized spacial score (nSPS) is 23.5. The van der Waals surface area contributed by atoms with Gasteiger partial charge in [0, 0.05) is 30.6 Å². The molecule has 0 aliphatic carbocycles. The molecule has 1 aliphatic heterocycles. The summed E-state index contributed by atoms with van der Waals surface area (Å²) in [6.07, 6.45) is -4.91. The number of rotatable bonds is 15. The van der Waals surface area contributed by atoms with E-state index in [9.17, 15) is 29.9 Å². The Labute approximate surface area is 231 Å². The Morgan fingerprint density at radius 2 is 1.90 bits per heavy atom. The molecular weight excluding hydrogens is 538 g/mol. The van der Waals surface area contributed by atoms with Crippen LogP contribution in [0.2, 0.25) is 0 Å². The summed E-state index contributed by atoms with van der Waals surface area (Å²) in [5, 5.41) is 32.2. The van der Waals surface area contributed by atoms with Crippen LogP contribution in [0.5, 0.6) is 11.5 Å². The lowest BCUT2D eigenvalue weighted by Gasteiger charge is -2.40. The van der Waals surface area contributed by atoms with Crippen LogP contribution in [0, 0.1) is 16.0 Å². The summed E-state index contributed by atoms with van der Waals surface area (Å²) < 4.78 is 31.6. The molecule has 1 aromatic carbocycles. The van der Waals surface area contributed by atoms with E-state index >= 15 is 0 Å². The molecule has 2 rings (SSSR count). The zero-order chi connectivity index (χ0) is 29.1. The Bertz CT molecular complexity index is 977. The van der Waals surface area contributed by atoms with Crippen molar-refractivity contribution in [3.8, 4) is 11.5 Å². The smallest absolute Gasteiger partial charge is 0.309 e. The van der Waals surface area contributed by atoms with Gasteiger partial charge in [0.05, 0.1) is 50.4 Å². The molecule has 1 heterocycles. The fraction of sp³-hybridized carbons (Fsp3) is 0.680. The van der Waals surface area contributed by atoms with Crippen LogP contribution in [0.15, 0.2) is 12.1 Å². The first-order valence-corrected chi connectivity index (χ1v) is 13.5. The summed E-state index contributed by atoms with van der Waals surface area (Å²) in [5.41, 5.74) is 0.251. The number of thioether (sulfide) groups is 1. The second kappa shape index (κ2) is 15.8. The number of methoxy groups -OCH3 is 3. The first-order valence-electron chi connectivity index (χ1n) is 12.4. The molecule has 0 aromatic heterocycles. The third kappa shape index (κ3) is 9.21. The van der Waals surface area contributed by atoms with Crippen LogP contribution >= 0.6 is 11.8 Å². The molecule has 220 valence electrons. The van der Waals surface area contributed by atoms with Gasteiger partial charge >= 0.3 is 11.9 Å². The molecule has 2 N–H and O–H groups in total. The molecule has 1 fully saturated rings. The van der Waals surface area contributed by atoms with Crippen LogP contribution in [0.3, 0.4) is 0 Å². The summed E-state index contributed by atoms with van der Waals surface area (Å²) in [7, 11) is 4.16. The van der Waals surface area contributed by atoms with Crippen molar-refractivity contribution in [2.45, 2.75) is 63.0 Å². The number of carbonyl (C=O) groups excluding carboxylic acids is 2. The number of hydrogen-bond donors (Lipinski definition) is 2. The van der Waals surface area contributed by atoms with Crippen LogP contribution in [0.1, 0.15) is 32.3 Å². The van der Waals surface area contributed by atoms with Crippen molar-refractivity contribution in [3.63, 3.8) is 0 Å². The minimum atomic E-state index is -1.33. The molecule has 0 saturated carbocycles. The first-order chi connectivity index (χ1) is 18.5. The average molecular weight is 576 g/mol. The number of carbonyl (C=O) groups is 2. The molecule has 39 heavy (non-hydrogen) atoms. The number of hydrogen-bond acceptors (Lipinski definition) is 13. The third-order valence-corrected chi connectivity index (χ3v) is 7.34. The predicted octanol–water partition coefficient (Wildman–Crippen LogP) is 1.87. The van der Waals surface area contributed by atoms with Crippen LogP contribution < -0.4 is 9.47 Å². The molecule has 1 aromatic rings. The summed E-state index contributed by atoms with van der Waals surface area (Å²) in [4.78, 5) is 35.1. The maximum Gasteiger partial charge on any atom is 0.309 e. The number of benzene rings is 1. The van der Waals surface area contributed by atoms with Gasteiger partial charge < -0.3 is 38.6 Å². The van der Waals surface area contributed by atoms with E-state index in [4.69, 9.17) is 28.4 Å². The summed E-state index contributed by atoms with van der Waals surface area (Å²) in [6.45, 7) is 3.45. The van der Waals surface area contributed by atoms with Gasteiger partial charge in [0.1, 0.15) is 18.3 Å². The Morgan fingerprint density at radius 3 is 2.51 bits per heavy atom. The fourth-order valence-corrected chi connectivity index (χ4v) is 5.03. The zero-order valence-electron chi connectivity index (χ0n) is 22.7. The van der Waals surface area contributed by atoms with E-state index < -0.39 is 41.4 Å². The highest BCUT2D eigenvalue weighted by Gasteiger charge is 2.44. The minimum Gasteiger partial charge on any atom is -0.493 e. The molecule has 1 aliphatic rings. The Kier molecular flexibility index (Phi) is 13.2. The second-order valence-electron chi connectivity index (χ2n) is 9.05. The summed E-state index contributed by atoms with van der Waals surface area (Å²) >= 11 is 1.35. The summed E-state index contributed by atoms with van der Waals surface area (Å²) in [5.74, 6) is -0.200. The lowest BCUT2D eigenvalue weighted by Crippen LogP contribution is -2.59. The standard InChI is InChI=1S/C25H37NO12S/c1-14(25(30)35-5)12-39-13-16-9-18(34-4)19(10-17(16)26(31)32)36-8-6-7-21(27)38-24-15(2)37-20(11-33-3)22(28)23(24)29/h9-10,14-15,20,22-24,28-29H,6-8,11-13H2,1-5H3. The molecular formula is C25H37NO12S. The van der Waals surface area contributed by atoms with E-state index in [-0.39, 0.29) is 60.9 Å². The van der Waals surface area contributed by atoms with E-state index in [1.54, 1.807) is 13.8 Å². The quantitative estimate of drug-likeness (QED) is 0.134. The molecule has 1 saturated heterocycles. The van der Waals surface area contributed by atoms with Crippen LogP contribution in [0.25, 0.3) is 0 Å². The number of nitro benzene ring substituents is 1. The van der Waals surface area contributed by atoms with Gasteiger partial charge in [-0.2, -0.15) is 11.8 Å². The van der Waals surface area contributed by atoms with Crippen molar-refractivity contribution in [2.75, 3.05) is 40.3 Å². The Hall–Kier alpha value is -2.65. The van der Waals surface area contributed by atoms with Gasteiger partial charge in [0.2, 0.25) is 0 Å². The number of nitrogens with zero attached hydrogens (tertiary/aromatic N) is 1. The van der Waals surface area contributed by atoms with Crippen molar-refractivity contribution in [2.24, 2.45) is 5.92 Å². The molecule has 13 nitrogen and oxygen atoms in total. The average Bonchev–Trinajstić information content (AvgIpc) is 2.91. The largest absolute Gasteiger partial charge is 0.493 e. The predicted molar refractivity (Wildman–Crippen MR) is 140 cm³/mol. The highest BCUT2D eigenvalue weighted by molar-refractivity contribution is 7.98. The van der Waals surface area contributed by atoms with Crippen molar-refractivity contribution in [3.05, 3.63) is 27.8 Å². The van der Waals surface area contributed by atoms with E-state index in [2.05, 4.69) is 0 Å². The zero-order valence-corrected chi connectivity index (χ0v) is 23.5. The van der Waals surface area contributed by atoms with Gasteiger partial charge in [-0.15, -0.1) is 0 Å². The maximum absolute atomic E-state index is 12.4. The van der Waals surface area contributed by atoms with E-state index in [0.29, 0.717) is 11.3 Å². The van der Waals surface area contributed by atoms with Crippen LogP contribution in [0.4, 0.5) is 5.69 Å². The molecule has 6 unspecified atom stereocenters. The van der Waals surface area contributed by atoms with Gasteiger partial charge in [-0.3, -0.25) is 19.7 Å². The lowest BCUT2D eigenvalue weighted by atomic mass is 9.96. The number of aliphatic hydroxyl groups is 2. The summed E-state index contributed by atoms with van der Waals surface area (Å²) in [6, 6.07) is 2.79. The third-order valence-electron chi connectivity index (χ3n) is 6.09. The molecule has 6 atom stereocenters. The van der Waals surface area contributed by atoms with Gasteiger partial charge in [-0.25, -0.2) is 0 Å². The van der Waals surface area contributed by atoms with Gasteiger partial charge in [0.25, 0.3) is 5.69 Å². The molecule has 14 heteroatoms. The van der Waals surface area contributed by atoms with E-state index in [0.717, 1.165) is 0 Å². The van der Waals surface area contributed by atoms with E-state index in [1.165, 1.54) is 45.2 Å². The first kappa shape index (κ1) is 32.6. The SMILES string of the molecule is COCC1OC(C)C(OC(=O)CCCOc2cc([N+](=O)[O-])c(CSCC(C)C(=O)OC)cc2OC)C(O)C1O. The second-order valence-corrected chi connectivity index (χ2v) is 10.1. The monoisotopic (exact) mass is 575 g/mol. The number of aliphatic hydroxyl groups excluding tert-OH is 2. The highest BCUT2D eigenvalue weighted by atomic mass is 32.2. The van der Waals surface area contributed by atoms with Gasteiger partial charge in [-0.05, 0) is 19.4 Å². The fourth-order valence-electron chi connectivity index (χ4n) is 3.97.